The van der Waals surface area contributed by atoms with Crippen molar-refractivity contribution in [2.75, 3.05) is 43.6 Å². The fourth-order valence-corrected chi connectivity index (χ4v) is 4.43. The van der Waals surface area contributed by atoms with Crippen LogP contribution in [0.15, 0.2) is 42.5 Å². The third-order valence-corrected chi connectivity index (χ3v) is 6.29. The van der Waals surface area contributed by atoms with E-state index in [9.17, 15) is 0 Å². The highest BCUT2D eigenvalue weighted by Gasteiger charge is 2.29. The van der Waals surface area contributed by atoms with E-state index >= 15 is 0 Å². The number of hydrogen-bond donors (Lipinski definition) is 3. The van der Waals surface area contributed by atoms with E-state index in [-0.39, 0.29) is 6.61 Å². The molecular weight excluding hydrogens is 402 g/mol. The first-order chi connectivity index (χ1) is 15.7. The van der Waals surface area contributed by atoms with E-state index in [1.54, 1.807) is 7.11 Å². The van der Waals surface area contributed by atoms with Crippen molar-refractivity contribution < 1.29 is 9.84 Å². The Morgan fingerprint density at radius 3 is 2.81 bits per heavy atom. The van der Waals surface area contributed by atoms with Crippen LogP contribution in [0.3, 0.4) is 0 Å². The Balaban J connectivity index is 1.39. The number of methoxy groups -OCH3 is 1. The molecule has 0 amide bonds. The van der Waals surface area contributed by atoms with Gasteiger partial charge in [-0.3, -0.25) is 0 Å². The van der Waals surface area contributed by atoms with E-state index in [2.05, 4.69) is 45.9 Å². The number of nitrogens with one attached hydrogen (secondary N) is 2. The Morgan fingerprint density at radius 2 is 2.00 bits per heavy atom. The third-order valence-electron chi connectivity index (χ3n) is 6.29. The molecule has 2 aliphatic rings. The number of aliphatic hydroxyl groups excluding tert-OH is 1. The van der Waals surface area contributed by atoms with Crippen LogP contribution >= 0.6 is 0 Å². The molecule has 1 unspecified atom stereocenters. The van der Waals surface area contributed by atoms with Gasteiger partial charge in [-0.05, 0) is 49.1 Å². The number of hydrogen-bond acceptors (Lipinski definition) is 7. The highest BCUT2D eigenvalue weighted by Crippen LogP contribution is 2.40. The summed E-state index contributed by atoms with van der Waals surface area (Å²) in [5.74, 6) is 3.31. The van der Waals surface area contributed by atoms with Crippen LogP contribution in [-0.4, -0.2) is 54.5 Å². The number of fused-ring (bicyclic) bond motifs is 1. The summed E-state index contributed by atoms with van der Waals surface area (Å²) in [6.45, 7) is 3.32. The van der Waals surface area contributed by atoms with Crippen molar-refractivity contribution in [3.8, 4) is 5.75 Å². The summed E-state index contributed by atoms with van der Waals surface area (Å²) < 4.78 is 5.57. The molecule has 1 aliphatic heterocycles. The minimum absolute atomic E-state index is 0.138. The lowest BCUT2D eigenvalue weighted by Gasteiger charge is -2.22. The second-order valence-electron chi connectivity index (χ2n) is 8.70. The first kappa shape index (κ1) is 21.0. The van der Waals surface area contributed by atoms with Crippen LogP contribution in [0.5, 0.6) is 5.75 Å². The lowest BCUT2D eigenvalue weighted by Crippen LogP contribution is -2.27. The first-order valence-electron chi connectivity index (χ1n) is 11.5. The summed E-state index contributed by atoms with van der Waals surface area (Å²) in [6.07, 6.45) is 3.40. The lowest BCUT2D eigenvalue weighted by molar-refractivity contribution is 0.292. The molecule has 1 aliphatic carbocycles. The lowest BCUT2D eigenvalue weighted by atomic mass is 10.1. The van der Waals surface area contributed by atoms with Crippen molar-refractivity contribution >= 4 is 22.4 Å². The van der Waals surface area contributed by atoms with Crippen LogP contribution in [0, 0.1) is 0 Å². The van der Waals surface area contributed by atoms with Crippen LogP contribution in [-0.2, 0) is 6.54 Å². The fraction of sp³-hybridized carbons (Fsp3) is 0.440. The average molecular weight is 434 g/mol. The Labute approximate surface area is 188 Å². The number of rotatable bonds is 9. The SMILES string of the molecule is COc1ccccc1N1CCC(Nc2nc(C3CC3)nc3ccc(CNCCO)cc23)C1. The topological polar surface area (TPSA) is 82.5 Å². The second-order valence-corrected chi connectivity index (χ2v) is 8.70. The number of anilines is 2. The molecular formula is C25H31N5O2. The Bertz CT molecular complexity index is 1090. The molecule has 2 heterocycles. The predicted octanol–water partition coefficient (Wildman–Crippen LogP) is 3.29. The highest BCUT2D eigenvalue weighted by molar-refractivity contribution is 5.90. The molecule has 3 N–H and O–H groups in total. The monoisotopic (exact) mass is 433 g/mol. The Hall–Kier alpha value is -2.90. The number of nitrogens with zero attached hydrogens (tertiary/aromatic N) is 3. The molecule has 2 fully saturated rings. The molecule has 7 heteroatoms. The van der Waals surface area contributed by atoms with E-state index in [1.807, 2.05) is 12.1 Å². The standard InChI is InChI=1S/C25H31N5O2/c1-32-23-5-3-2-4-22(23)30-12-10-19(16-30)27-25-20-14-17(15-26-11-13-31)6-9-21(20)28-24(29-25)18-7-8-18/h2-6,9,14,18-19,26,31H,7-8,10-13,15-16H2,1H3,(H,27,28,29). The van der Waals surface area contributed by atoms with Gasteiger partial charge in [-0.15, -0.1) is 0 Å². The van der Waals surface area contributed by atoms with Crippen molar-refractivity contribution in [2.24, 2.45) is 0 Å². The normalized spacial score (nSPS) is 18.3. The van der Waals surface area contributed by atoms with Gasteiger partial charge in [0, 0.05) is 43.5 Å². The summed E-state index contributed by atoms with van der Waals surface area (Å²) in [6, 6.07) is 14.9. The zero-order valence-electron chi connectivity index (χ0n) is 18.6. The van der Waals surface area contributed by atoms with Gasteiger partial charge in [0.15, 0.2) is 0 Å². The fourth-order valence-electron chi connectivity index (χ4n) is 4.43. The maximum Gasteiger partial charge on any atom is 0.142 e. The quantitative estimate of drug-likeness (QED) is 0.447. The Morgan fingerprint density at radius 1 is 1.12 bits per heavy atom. The molecule has 2 aromatic carbocycles. The number of aromatic nitrogens is 2. The van der Waals surface area contributed by atoms with Gasteiger partial charge < -0.3 is 25.4 Å². The summed E-state index contributed by atoms with van der Waals surface area (Å²) in [5, 5.41) is 17.1. The smallest absolute Gasteiger partial charge is 0.142 e. The van der Waals surface area contributed by atoms with Gasteiger partial charge in [0.2, 0.25) is 0 Å². The molecule has 0 radical (unpaired) electrons. The van der Waals surface area contributed by atoms with Crippen LogP contribution < -0.4 is 20.3 Å². The molecule has 3 aromatic rings. The van der Waals surface area contributed by atoms with E-state index < -0.39 is 0 Å². The minimum atomic E-state index is 0.138. The van der Waals surface area contributed by atoms with E-state index in [0.29, 0.717) is 25.0 Å². The van der Waals surface area contributed by atoms with E-state index in [4.69, 9.17) is 19.8 Å². The van der Waals surface area contributed by atoms with Crippen LogP contribution in [0.1, 0.15) is 36.6 Å². The average Bonchev–Trinajstić information content (AvgIpc) is 3.58. The maximum atomic E-state index is 9.04. The van der Waals surface area contributed by atoms with E-state index in [0.717, 1.165) is 53.5 Å². The van der Waals surface area contributed by atoms with Crippen LogP contribution in [0.2, 0.25) is 0 Å². The molecule has 7 nitrogen and oxygen atoms in total. The van der Waals surface area contributed by atoms with Crippen molar-refractivity contribution in [3.05, 3.63) is 53.9 Å². The molecule has 32 heavy (non-hydrogen) atoms. The number of para-hydroxylation sites is 2. The van der Waals surface area contributed by atoms with Gasteiger partial charge in [0.25, 0.3) is 0 Å². The molecule has 0 spiro atoms. The molecule has 1 saturated carbocycles. The molecule has 1 saturated heterocycles. The highest BCUT2D eigenvalue weighted by atomic mass is 16.5. The second kappa shape index (κ2) is 9.30. The molecule has 1 aromatic heterocycles. The van der Waals surface area contributed by atoms with Gasteiger partial charge in [-0.25, -0.2) is 9.97 Å². The van der Waals surface area contributed by atoms with Crippen LogP contribution in [0.25, 0.3) is 10.9 Å². The number of benzene rings is 2. The van der Waals surface area contributed by atoms with Crippen LogP contribution in [0.4, 0.5) is 11.5 Å². The van der Waals surface area contributed by atoms with Crippen molar-refractivity contribution in [2.45, 2.75) is 37.8 Å². The predicted molar refractivity (Wildman–Crippen MR) is 128 cm³/mol. The van der Waals surface area contributed by atoms with Gasteiger partial charge in [-0.1, -0.05) is 18.2 Å². The zero-order chi connectivity index (χ0) is 21.9. The Kier molecular flexibility index (Phi) is 6.10. The van der Waals surface area contributed by atoms with Gasteiger partial charge in [0.05, 0.1) is 24.9 Å². The molecule has 168 valence electrons. The zero-order valence-corrected chi connectivity index (χ0v) is 18.6. The molecule has 0 bridgehead atoms. The summed E-state index contributed by atoms with van der Waals surface area (Å²) >= 11 is 0. The maximum absolute atomic E-state index is 9.04. The molecule has 5 rings (SSSR count). The first-order valence-corrected chi connectivity index (χ1v) is 11.5. The largest absolute Gasteiger partial charge is 0.495 e. The minimum Gasteiger partial charge on any atom is -0.495 e. The van der Waals surface area contributed by atoms with Crippen molar-refractivity contribution in [3.63, 3.8) is 0 Å². The third kappa shape index (κ3) is 4.49. The summed E-state index contributed by atoms with van der Waals surface area (Å²) in [7, 11) is 1.73. The number of aliphatic hydroxyl groups is 1. The van der Waals surface area contributed by atoms with Crippen molar-refractivity contribution in [1.29, 1.82) is 0 Å². The summed E-state index contributed by atoms with van der Waals surface area (Å²) in [5.41, 5.74) is 3.30. The number of ether oxygens (including phenoxy) is 1. The summed E-state index contributed by atoms with van der Waals surface area (Å²) in [4.78, 5) is 12.2. The van der Waals surface area contributed by atoms with Gasteiger partial charge in [-0.2, -0.15) is 0 Å². The van der Waals surface area contributed by atoms with Gasteiger partial charge in [0.1, 0.15) is 17.4 Å². The van der Waals surface area contributed by atoms with Crippen molar-refractivity contribution in [1.82, 2.24) is 15.3 Å². The molecule has 1 atom stereocenters. The van der Waals surface area contributed by atoms with E-state index in [1.165, 1.54) is 18.4 Å². The van der Waals surface area contributed by atoms with Gasteiger partial charge >= 0.3 is 0 Å².